The first-order chi connectivity index (χ1) is 39.8. The average Bonchev–Trinajstić information content (AvgIpc) is 3.50. The van der Waals surface area contributed by atoms with Crippen LogP contribution in [0.4, 0.5) is 14.4 Å². The second-order valence-corrected chi connectivity index (χ2v) is 19.0. The number of oxime groups is 3. The maximum atomic E-state index is 13.9. The zero-order valence-corrected chi connectivity index (χ0v) is 45.4. The lowest BCUT2D eigenvalue weighted by Gasteiger charge is -2.14. The molecule has 0 unspecified atom stereocenters. The molecule has 18 heteroatoms. The van der Waals surface area contributed by atoms with Crippen molar-refractivity contribution in [2.75, 3.05) is 19.6 Å². The molecule has 18 nitrogen and oxygen atoms in total. The Morgan fingerprint density at radius 1 is 0.296 bits per heavy atom. The van der Waals surface area contributed by atoms with Gasteiger partial charge in [0.1, 0.15) is 17.1 Å². The number of hydrogen-bond donors (Lipinski definition) is 3. The molecule has 81 heavy (non-hydrogen) atoms. The summed E-state index contributed by atoms with van der Waals surface area (Å²) < 4.78 is 3.43. The summed E-state index contributed by atoms with van der Waals surface area (Å²) in [6, 6.07) is 56.7. The highest BCUT2D eigenvalue weighted by Crippen LogP contribution is 2.15. The summed E-state index contributed by atoms with van der Waals surface area (Å²) in [7, 11) is 0. The van der Waals surface area contributed by atoms with Gasteiger partial charge in [-0.25, -0.2) is 42.5 Å². The number of rotatable bonds is 30. The van der Waals surface area contributed by atoms with E-state index in [0.717, 1.165) is 47.1 Å². The molecule has 1 heterocycles. The topological polar surface area (TPSA) is 218 Å². The van der Waals surface area contributed by atoms with E-state index in [2.05, 4.69) is 31.4 Å². The molecule has 0 bridgehead atoms. The van der Waals surface area contributed by atoms with E-state index in [0.29, 0.717) is 114 Å². The molecule has 0 fully saturated rings. The third-order valence-electron chi connectivity index (χ3n) is 13.1. The first-order valence-electron chi connectivity index (χ1n) is 27.6. The highest BCUT2D eigenvalue weighted by Gasteiger charge is 2.17. The van der Waals surface area contributed by atoms with E-state index in [4.69, 9.17) is 14.5 Å². The Morgan fingerprint density at radius 2 is 0.494 bits per heavy atom. The first kappa shape index (κ1) is 59.2. The van der Waals surface area contributed by atoms with Crippen LogP contribution in [-0.2, 0) is 34.1 Å². The molecule has 3 amide bonds. The van der Waals surface area contributed by atoms with E-state index in [1.54, 1.807) is 0 Å². The van der Waals surface area contributed by atoms with Crippen LogP contribution in [0.3, 0.4) is 0 Å². The van der Waals surface area contributed by atoms with Crippen LogP contribution < -0.4 is 33.0 Å². The molecule has 0 saturated heterocycles. The summed E-state index contributed by atoms with van der Waals surface area (Å²) >= 11 is 0. The largest absolute Gasteiger partial charge is 0.433 e. The molecule has 6 aromatic carbocycles. The van der Waals surface area contributed by atoms with Gasteiger partial charge in [0.25, 0.3) is 0 Å². The molecule has 0 aliphatic carbocycles. The van der Waals surface area contributed by atoms with Gasteiger partial charge < -0.3 is 16.0 Å². The number of amides is 3. The standard InChI is InChI=1S/C63H69N9O9/c73-58(79-67-55(49-31-13-7-14-32-49)50-33-15-8-16-34-50)64-43-25-1-4-28-46-70-61(76)71(47-29-5-2-26-44-65-59(74)80-68-56(51-35-17-9-18-36-51)52-37-19-10-20-38-52)63(78)72(62(70)77)48-30-6-3-27-45-66-60(75)81-69-57(53-39-21-11-22-40-53)54-41-23-12-24-42-54/h7-24,31-42H,1-6,25-30,43-48H2,(H,64,73)(H,65,74)(H,66,75). The number of nitrogens with one attached hydrogen (secondary N) is 3. The number of nitrogens with zero attached hydrogens (tertiary/aromatic N) is 6. The van der Waals surface area contributed by atoms with Crippen molar-refractivity contribution in [2.45, 2.75) is 96.7 Å². The molecule has 0 radical (unpaired) electrons. The van der Waals surface area contributed by atoms with Gasteiger partial charge in [-0.15, -0.1) is 0 Å². The van der Waals surface area contributed by atoms with Crippen molar-refractivity contribution in [3.63, 3.8) is 0 Å². The fraction of sp³-hybridized carbons (Fsp3) is 0.286. The van der Waals surface area contributed by atoms with Gasteiger partial charge in [-0.1, -0.05) is 236 Å². The van der Waals surface area contributed by atoms with E-state index in [-0.39, 0.29) is 19.6 Å². The maximum absolute atomic E-state index is 13.9. The molecule has 0 aliphatic heterocycles. The Balaban J connectivity index is 0.883. The predicted molar refractivity (Wildman–Crippen MR) is 314 cm³/mol. The van der Waals surface area contributed by atoms with E-state index < -0.39 is 35.3 Å². The Hall–Kier alpha value is -9.45. The lowest BCUT2D eigenvalue weighted by molar-refractivity contribution is 0.150. The highest BCUT2D eigenvalue weighted by molar-refractivity contribution is 6.14. The van der Waals surface area contributed by atoms with E-state index >= 15 is 0 Å². The highest BCUT2D eigenvalue weighted by atomic mass is 16.7. The molecule has 7 aromatic rings. The van der Waals surface area contributed by atoms with Crippen LogP contribution in [0.5, 0.6) is 0 Å². The molecule has 0 aliphatic rings. The van der Waals surface area contributed by atoms with Gasteiger partial charge in [-0.05, 0) is 38.5 Å². The Morgan fingerprint density at radius 3 is 0.704 bits per heavy atom. The number of carbonyl (C=O) groups excluding carboxylic acids is 3. The number of carbonyl (C=O) groups is 3. The summed E-state index contributed by atoms with van der Waals surface area (Å²) in [6.45, 7) is 1.32. The predicted octanol–water partition coefficient (Wildman–Crippen LogP) is 10.4. The minimum Gasteiger partial charge on any atom is -0.320 e. The summed E-state index contributed by atoms with van der Waals surface area (Å²) in [4.78, 5) is 95.2. The Labute approximate surface area is 470 Å². The monoisotopic (exact) mass is 1100 g/mol. The smallest absolute Gasteiger partial charge is 0.320 e. The minimum atomic E-state index is -0.687. The molecule has 0 spiro atoms. The Kier molecular flexibility index (Phi) is 24.2. The van der Waals surface area contributed by atoms with Crippen molar-refractivity contribution in [1.29, 1.82) is 0 Å². The van der Waals surface area contributed by atoms with Crippen LogP contribution in [0.15, 0.2) is 212 Å². The molecule has 1 aromatic heterocycles. The average molecular weight is 1100 g/mol. The van der Waals surface area contributed by atoms with Crippen molar-refractivity contribution < 1.29 is 28.9 Å². The maximum Gasteiger partial charge on any atom is 0.433 e. The summed E-state index contributed by atoms with van der Waals surface area (Å²) in [6.07, 6.45) is 5.26. The molecule has 7 rings (SSSR count). The number of aromatic nitrogens is 3. The van der Waals surface area contributed by atoms with Gasteiger partial charge in [0.2, 0.25) is 0 Å². The zero-order valence-electron chi connectivity index (χ0n) is 45.4. The minimum absolute atomic E-state index is 0.109. The molecule has 420 valence electrons. The van der Waals surface area contributed by atoms with Crippen molar-refractivity contribution in [2.24, 2.45) is 15.5 Å². The van der Waals surface area contributed by atoms with Crippen LogP contribution in [0.2, 0.25) is 0 Å². The third kappa shape index (κ3) is 19.2. The number of hydrogen-bond acceptors (Lipinski definition) is 12. The van der Waals surface area contributed by atoms with Gasteiger partial charge in [0.05, 0.1) is 0 Å². The van der Waals surface area contributed by atoms with Crippen LogP contribution in [0.1, 0.15) is 110 Å². The number of benzene rings is 6. The van der Waals surface area contributed by atoms with E-state index in [1.807, 2.05) is 182 Å². The second kappa shape index (κ2) is 33.1. The van der Waals surface area contributed by atoms with Crippen molar-refractivity contribution in [3.05, 3.63) is 247 Å². The van der Waals surface area contributed by atoms with Crippen molar-refractivity contribution in [3.8, 4) is 0 Å². The van der Waals surface area contributed by atoms with Gasteiger partial charge in [0.15, 0.2) is 0 Å². The fourth-order valence-corrected chi connectivity index (χ4v) is 8.82. The van der Waals surface area contributed by atoms with Crippen LogP contribution in [-0.4, -0.2) is 68.8 Å². The van der Waals surface area contributed by atoms with Gasteiger partial charge in [-0.2, -0.15) is 0 Å². The zero-order chi connectivity index (χ0) is 56.7. The third-order valence-corrected chi connectivity index (χ3v) is 13.1. The van der Waals surface area contributed by atoms with Crippen molar-refractivity contribution in [1.82, 2.24) is 29.7 Å². The number of unbranched alkanes of at least 4 members (excludes halogenated alkanes) is 9. The van der Waals surface area contributed by atoms with Crippen molar-refractivity contribution >= 4 is 35.4 Å². The van der Waals surface area contributed by atoms with Gasteiger partial charge in [0, 0.05) is 72.6 Å². The molecule has 0 atom stereocenters. The van der Waals surface area contributed by atoms with E-state index in [1.165, 1.54) is 0 Å². The lowest BCUT2D eigenvalue weighted by Crippen LogP contribution is -2.54. The summed E-state index contributed by atoms with van der Waals surface area (Å²) in [5.41, 5.74) is 4.39. The van der Waals surface area contributed by atoms with Crippen LogP contribution in [0, 0.1) is 0 Å². The molecule has 0 saturated carbocycles. The first-order valence-corrected chi connectivity index (χ1v) is 27.6. The lowest BCUT2D eigenvalue weighted by atomic mass is 10.0. The summed E-state index contributed by atoms with van der Waals surface area (Å²) in [5.74, 6) is 0. The summed E-state index contributed by atoms with van der Waals surface area (Å²) in [5, 5.41) is 20.7. The second-order valence-electron chi connectivity index (χ2n) is 19.0. The van der Waals surface area contributed by atoms with E-state index in [9.17, 15) is 28.8 Å². The molecular weight excluding hydrogens is 1030 g/mol. The van der Waals surface area contributed by atoms with Gasteiger partial charge >= 0.3 is 35.3 Å². The Bertz CT molecular complexity index is 2820. The fourth-order valence-electron chi connectivity index (χ4n) is 8.82. The molecule has 3 N–H and O–H groups in total. The van der Waals surface area contributed by atoms with Gasteiger partial charge in [-0.3, -0.25) is 14.5 Å². The molecular formula is C63H69N9O9. The normalized spacial score (nSPS) is 10.7. The quantitative estimate of drug-likeness (QED) is 0.0169. The van der Waals surface area contributed by atoms with Crippen LogP contribution >= 0.6 is 0 Å². The van der Waals surface area contributed by atoms with Crippen LogP contribution in [0.25, 0.3) is 0 Å². The SMILES string of the molecule is O=C(NCCCCCCn1c(=O)n(CCCCCCNC(=O)ON=C(c2ccccc2)c2ccccc2)c(=O)n(CCCCCCNC(=O)ON=C(c2ccccc2)c2ccccc2)c1=O)ON=C(c1ccccc1)c1ccccc1.